The maximum atomic E-state index is 14.4. The van der Waals surface area contributed by atoms with Crippen LogP contribution in [-0.2, 0) is 0 Å². The minimum atomic E-state index is -5.55. The summed E-state index contributed by atoms with van der Waals surface area (Å²) in [6.45, 7) is 0. The predicted molar refractivity (Wildman–Crippen MR) is 214 cm³/mol. The molecule has 0 spiro atoms. The number of rotatable bonds is 12. The Morgan fingerprint density at radius 3 is 1.17 bits per heavy atom. The molecule has 0 saturated carbocycles. The topological polar surface area (TPSA) is 213 Å². The first-order chi connectivity index (χ1) is 26.0. The van der Waals surface area contributed by atoms with Gasteiger partial charge in [-0.1, -0.05) is 0 Å². The molecule has 54 heavy (non-hydrogen) atoms. The van der Waals surface area contributed by atoms with Crippen molar-refractivity contribution in [3.8, 4) is 34.5 Å². The van der Waals surface area contributed by atoms with Crippen molar-refractivity contribution in [3.63, 3.8) is 0 Å². The van der Waals surface area contributed by atoms with Crippen molar-refractivity contribution in [3.05, 3.63) is 151 Å². The first-order valence-corrected chi connectivity index (χ1v) is 20.6. The molecule has 1 aliphatic rings. The van der Waals surface area contributed by atoms with Gasteiger partial charge in [0, 0.05) is 0 Å². The van der Waals surface area contributed by atoms with E-state index in [0.717, 1.165) is 0 Å². The number of nitrogen functional groups attached to an aromatic ring is 5. The second kappa shape index (κ2) is 14.8. The minimum absolute atomic E-state index is 0.114. The van der Waals surface area contributed by atoms with Crippen LogP contribution in [0.2, 0.25) is 0 Å². The molecule has 0 radical (unpaired) electrons. The average Bonchev–Trinajstić information content (AvgIpc) is 3.16. The summed E-state index contributed by atoms with van der Waals surface area (Å²) >= 11 is 0. The van der Waals surface area contributed by atoms with E-state index < -0.39 is 29.9 Å². The monoisotopic (exact) mass is 788 g/mol. The molecule has 1 aliphatic heterocycles. The Morgan fingerprint density at radius 1 is 0.481 bits per heavy atom. The van der Waals surface area contributed by atoms with E-state index in [1.165, 1.54) is 28.9 Å². The fraction of sp³-hybridized carbons (Fsp3) is 0. The normalized spacial score (nSPS) is 16.8. The zero-order chi connectivity index (χ0) is 37.8. The SMILES string of the molecule is Nc1ccc(ON2P(Oc3ccc(N)cc3)(Oc3ccc(N)cc3)=NPNP2(Oc2ccc(N)cc2)(Oc2ccc(N)cc2)Oc2ccc(F)cc2)cc1. The number of benzene rings is 6. The third-order valence-corrected chi connectivity index (χ3v) is 16.2. The van der Waals surface area contributed by atoms with Gasteiger partial charge < -0.3 is 0 Å². The van der Waals surface area contributed by atoms with E-state index in [9.17, 15) is 4.39 Å². The van der Waals surface area contributed by atoms with E-state index in [1.54, 1.807) is 121 Å². The van der Waals surface area contributed by atoms with Gasteiger partial charge in [0.05, 0.1) is 0 Å². The third kappa shape index (κ3) is 7.86. The maximum absolute atomic E-state index is 14.4. The van der Waals surface area contributed by atoms with Gasteiger partial charge in [0.25, 0.3) is 0 Å². The molecule has 14 nitrogen and oxygen atoms in total. The van der Waals surface area contributed by atoms with Crippen molar-refractivity contribution in [2.75, 3.05) is 28.7 Å². The van der Waals surface area contributed by atoms with Crippen molar-refractivity contribution in [1.82, 2.24) is 9.46 Å². The summed E-state index contributed by atoms with van der Waals surface area (Å²) in [6.07, 6.45) is 0. The van der Waals surface area contributed by atoms with Gasteiger partial charge in [0.2, 0.25) is 0 Å². The molecule has 1 atom stereocenters. The van der Waals surface area contributed by atoms with Crippen LogP contribution < -0.4 is 61.0 Å². The zero-order valence-corrected chi connectivity index (χ0v) is 31.1. The van der Waals surface area contributed by atoms with E-state index in [4.69, 9.17) is 60.6 Å². The molecule has 1 unspecified atom stereocenters. The molecule has 7 rings (SSSR count). The summed E-state index contributed by atoms with van der Waals surface area (Å²) in [5.41, 5.74) is 32.8. The molecule has 18 heteroatoms. The molecular formula is C36H36FN8O6P3. The Kier molecular flexibility index (Phi) is 10.00. The molecule has 6 aromatic rings. The summed E-state index contributed by atoms with van der Waals surface area (Å²) in [5, 5.41) is 0. The summed E-state index contributed by atoms with van der Waals surface area (Å²) in [4.78, 5) is 10.2. The first kappa shape index (κ1) is 36.4. The van der Waals surface area contributed by atoms with Crippen molar-refractivity contribution in [2.45, 2.75) is 0 Å². The van der Waals surface area contributed by atoms with Gasteiger partial charge in [-0.2, -0.15) is 0 Å². The number of nitrogens with two attached hydrogens (primary N) is 5. The van der Waals surface area contributed by atoms with E-state index in [1.807, 2.05) is 0 Å². The van der Waals surface area contributed by atoms with E-state index in [2.05, 4.69) is 4.86 Å². The number of nitrogens with zero attached hydrogens (tertiary/aromatic N) is 2. The van der Waals surface area contributed by atoms with Gasteiger partial charge in [0.15, 0.2) is 0 Å². The fourth-order valence-corrected chi connectivity index (χ4v) is 14.3. The summed E-state index contributed by atoms with van der Waals surface area (Å²) in [5.74, 6) is 0.888. The van der Waals surface area contributed by atoms with Crippen molar-refractivity contribution < 1.29 is 31.8 Å². The number of anilines is 5. The summed E-state index contributed by atoms with van der Waals surface area (Å²) in [7, 11) is -10.3. The Hall–Kier alpha value is -5.94. The molecule has 0 bridgehead atoms. The zero-order valence-electron chi connectivity index (χ0n) is 28.4. The summed E-state index contributed by atoms with van der Waals surface area (Å²) < 4.78 is 55.6. The molecule has 278 valence electrons. The van der Waals surface area contributed by atoms with Crippen LogP contribution in [0.1, 0.15) is 0 Å². The fourth-order valence-electron chi connectivity index (χ4n) is 4.99. The van der Waals surface area contributed by atoms with E-state index in [-0.39, 0.29) is 23.0 Å². The Balaban J connectivity index is 1.56. The van der Waals surface area contributed by atoms with Crippen LogP contribution in [0.3, 0.4) is 0 Å². The Morgan fingerprint density at radius 2 is 0.796 bits per heavy atom. The van der Waals surface area contributed by atoms with Gasteiger partial charge in [-0.15, -0.1) is 0 Å². The quantitative estimate of drug-likeness (QED) is 0.0505. The van der Waals surface area contributed by atoms with Gasteiger partial charge in [-0.05, 0) is 0 Å². The second-order valence-electron chi connectivity index (χ2n) is 11.8. The summed E-state index contributed by atoms with van der Waals surface area (Å²) in [6, 6.07) is 38.2. The number of hydrogen-bond donors (Lipinski definition) is 6. The van der Waals surface area contributed by atoms with Crippen LogP contribution in [0.4, 0.5) is 32.8 Å². The molecule has 0 aromatic heterocycles. The van der Waals surface area contributed by atoms with Crippen LogP contribution >= 0.6 is 24.1 Å². The van der Waals surface area contributed by atoms with E-state index >= 15 is 0 Å². The van der Waals surface area contributed by atoms with Crippen LogP contribution in [0.25, 0.3) is 0 Å². The van der Waals surface area contributed by atoms with Gasteiger partial charge in [0.1, 0.15) is 0 Å². The van der Waals surface area contributed by atoms with Gasteiger partial charge in [-0.25, -0.2) is 0 Å². The number of nitrogens with one attached hydrogen (secondary N) is 1. The van der Waals surface area contributed by atoms with Crippen molar-refractivity contribution in [1.29, 1.82) is 0 Å². The predicted octanol–water partition coefficient (Wildman–Crippen LogP) is 8.91. The molecular weight excluding hydrogens is 752 g/mol. The van der Waals surface area contributed by atoms with Crippen LogP contribution in [0.15, 0.2) is 150 Å². The standard InChI is InChI=1S/C36H36FN8O6P3/c37-25-1-13-34(14-2-25)49-54(50-35-21-9-29(41)10-22-35,51-36-23-11-30(42)12-24-36)44-52-43-53(47-32-17-5-27(39)6-18-32,48-33-19-7-28(40)8-20-33)45(54)46-31-15-3-26(38)4-16-31/h1-24,44,52H,38-42H2. The van der Waals surface area contributed by atoms with Crippen LogP contribution in [0.5, 0.6) is 34.5 Å². The molecule has 0 aliphatic carbocycles. The molecule has 0 saturated heterocycles. The second-order valence-corrected chi connectivity index (χ2v) is 18.3. The Bertz CT molecular complexity index is 2100. The van der Waals surface area contributed by atoms with Crippen LogP contribution in [0, 0.1) is 5.82 Å². The van der Waals surface area contributed by atoms with Crippen LogP contribution in [-0.4, -0.2) is 4.60 Å². The molecule has 0 fully saturated rings. The average molecular weight is 789 g/mol. The molecule has 0 amide bonds. The first-order valence-electron chi connectivity index (χ1n) is 16.2. The van der Waals surface area contributed by atoms with Crippen molar-refractivity contribution in [2.24, 2.45) is 4.52 Å². The third-order valence-electron chi connectivity index (χ3n) is 7.57. The number of halogens is 1. The molecule has 6 aromatic carbocycles. The van der Waals surface area contributed by atoms with Crippen molar-refractivity contribution >= 4 is 52.6 Å². The molecule has 1 heterocycles. The number of hydrogen-bond acceptors (Lipinski definition) is 14. The van der Waals surface area contributed by atoms with Gasteiger partial charge in [-0.3, -0.25) is 0 Å². The van der Waals surface area contributed by atoms with Gasteiger partial charge >= 0.3 is 313 Å². The Labute approximate surface area is 312 Å². The molecule has 11 N–H and O–H groups in total. The van der Waals surface area contributed by atoms with E-state index in [0.29, 0.717) is 39.9 Å².